The fraction of sp³-hybridized carbons (Fsp3) is 0.0667. The number of aromatic nitrogens is 2. The normalized spacial score (nSPS) is 12.8. The highest BCUT2D eigenvalue weighted by Gasteiger charge is 2.35. The lowest BCUT2D eigenvalue weighted by atomic mass is 9.35. The summed E-state index contributed by atoms with van der Waals surface area (Å²) >= 11 is 1.90. The Morgan fingerprint density at radius 2 is 1.10 bits per heavy atom. The highest BCUT2D eigenvalue weighted by Crippen LogP contribution is 2.42. The van der Waals surface area contributed by atoms with Crippen molar-refractivity contribution in [2.75, 3.05) is 0 Å². The molecule has 0 spiro atoms. The standard InChI is InChI=1S/C45H33BN2S/c1-29(2)31-19-14-24-40(44(31)46-35-20-8-12-25-41(35)49-42-26-13-9-21-36(42)46)48-38-23-11-7-18-34(38)43-39(48)28-27-33-32-17-6-10-22-37(32)47(45(33)43)30-15-4-3-5-16-30/h3-29H,1-2H3. The van der Waals surface area contributed by atoms with Crippen LogP contribution >= 0.6 is 11.8 Å². The Balaban J connectivity index is 1.37. The molecule has 0 atom stereocenters. The van der Waals surface area contributed by atoms with Crippen LogP contribution in [0.25, 0.3) is 55.0 Å². The van der Waals surface area contributed by atoms with Gasteiger partial charge >= 0.3 is 0 Å². The number of hydrogen-bond donors (Lipinski definition) is 0. The van der Waals surface area contributed by atoms with Gasteiger partial charge in [-0.05, 0) is 65.5 Å². The van der Waals surface area contributed by atoms with E-state index < -0.39 is 0 Å². The second-order valence-corrected chi connectivity index (χ2v) is 14.5. The second-order valence-electron chi connectivity index (χ2n) is 13.4. The van der Waals surface area contributed by atoms with E-state index >= 15 is 0 Å². The lowest BCUT2D eigenvalue weighted by Gasteiger charge is -2.30. The molecule has 1 aliphatic heterocycles. The summed E-state index contributed by atoms with van der Waals surface area (Å²) in [7, 11) is 0. The van der Waals surface area contributed by atoms with Gasteiger partial charge in [0.15, 0.2) is 0 Å². The maximum Gasteiger partial charge on any atom is 0.247 e. The van der Waals surface area contributed by atoms with Crippen molar-refractivity contribution in [3.8, 4) is 11.4 Å². The summed E-state index contributed by atoms with van der Waals surface area (Å²) in [6, 6.07) is 58.4. The Morgan fingerprint density at radius 3 is 1.82 bits per heavy atom. The zero-order valence-corrected chi connectivity index (χ0v) is 28.3. The molecule has 10 rings (SSSR count). The SMILES string of the molecule is CC(C)c1cccc(-n2c3ccccc3c3c2ccc2c4ccccc4n(-c4ccccc4)c23)c1B1c2ccccc2Sc2ccccc21. The zero-order valence-electron chi connectivity index (χ0n) is 27.5. The summed E-state index contributed by atoms with van der Waals surface area (Å²) in [5.41, 5.74) is 12.9. The molecule has 0 radical (unpaired) electrons. The first-order valence-electron chi connectivity index (χ1n) is 17.2. The van der Waals surface area contributed by atoms with Gasteiger partial charge in [-0.25, -0.2) is 0 Å². The molecule has 4 heteroatoms. The first-order valence-corrected chi connectivity index (χ1v) is 18.0. The van der Waals surface area contributed by atoms with E-state index in [-0.39, 0.29) is 6.71 Å². The van der Waals surface area contributed by atoms with Gasteiger partial charge in [-0.2, -0.15) is 0 Å². The largest absolute Gasteiger partial charge is 0.310 e. The molecule has 2 aromatic heterocycles. The molecule has 49 heavy (non-hydrogen) atoms. The van der Waals surface area contributed by atoms with Crippen LogP contribution in [0.2, 0.25) is 0 Å². The lowest BCUT2D eigenvalue weighted by molar-refractivity contribution is 0.871. The average molecular weight is 645 g/mol. The van der Waals surface area contributed by atoms with Gasteiger partial charge in [0.1, 0.15) is 0 Å². The van der Waals surface area contributed by atoms with Crippen molar-refractivity contribution >= 4 is 78.5 Å². The molecule has 1 aliphatic rings. The van der Waals surface area contributed by atoms with E-state index in [0.29, 0.717) is 5.92 Å². The molecule has 0 bridgehead atoms. The topological polar surface area (TPSA) is 9.86 Å². The minimum absolute atomic E-state index is 0.109. The van der Waals surface area contributed by atoms with Crippen LogP contribution < -0.4 is 16.4 Å². The van der Waals surface area contributed by atoms with E-state index in [2.05, 4.69) is 181 Å². The molecule has 7 aromatic carbocycles. The van der Waals surface area contributed by atoms with Gasteiger partial charge in [-0.1, -0.05) is 146 Å². The smallest absolute Gasteiger partial charge is 0.247 e. The van der Waals surface area contributed by atoms with E-state index in [1.54, 1.807) is 0 Å². The summed E-state index contributed by atoms with van der Waals surface area (Å²) < 4.78 is 5.03. The number of benzene rings is 7. The van der Waals surface area contributed by atoms with Crippen LogP contribution in [0.3, 0.4) is 0 Å². The molecule has 0 amide bonds. The van der Waals surface area contributed by atoms with Gasteiger partial charge in [0, 0.05) is 42.7 Å². The Morgan fingerprint density at radius 1 is 0.490 bits per heavy atom. The van der Waals surface area contributed by atoms with Gasteiger partial charge in [-0.15, -0.1) is 0 Å². The van der Waals surface area contributed by atoms with Crippen molar-refractivity contribution in [3.05, 3.63) is 163 Å². The fourth-order valence-corrected chi connectivity index (χ4v) is 9.56. The van der Waals surface area contributed by atoms with Crippen molar-refractivity contribution in [1.82, 2.24) is 9.13 Å². The molecule has 232 valence electrons. The van der Waals surface area contributed by atoms with E-state index in [1.807, 2.05) is 11.8 Å². The highest BCUT2D eigenvalue weighted by molar-refractivity contribution is 8.00. The van der Waals surface area contributed by atoms with Crippen LogP contribution in [-0.2, 0) is 0 Å². The molecular weight excluding hydrogens is 611 g/mol. The van der Waals surface area contributed by atoms with Crippen LogP contribution in [0.4, 0.5) is 0 Å². The molecule has 2 nitrogen and oxygen atoms in total. The van der Waals surface area contributed by atoms with Crippen molar-refractivity contribution in [3.63, 3.8) is 0 Å². The summed E-state index contributed by atoms with van der Waals surface area (Å²) in [5, 5.41) is 5.10. The summed E-state index contributed by atoms with van der Waals surface area (Å²) in [5.74, 6) is 0.351. The van der Waals surface area contributed by atoms with Crippen molar-refractivity contribution in [1.29, 1.82) is 0 Å². The van der Waals surface area contributed by atoms with Gasteiger partial charge in [0.05, 0.1) is 22.1 Å². The third-order valence-corrected chi connectivity index (χ3v) is 11.6. The van der Waals surface area contributed by atoms with Crippen LogP contribution in [0, 0.1) is 0 Å². The van der Waals surface area contributed by atoms with Gasteiger partial charge < -0.3 is 9.13 Å². The number of fused-ring (bicyclic) bond motifs is 9. The van der Waals surface area contributed by atoms with Gasteiger partial charge in [-0.3, -0.25) is 0 Å². The molecule has 3 heterocycles. The lowest BCUT2D eigenvalue weighted by Crippen LogP contribution is -2.57. The van der Waals surface area contributed by atoms with Gasteiger partial charge in [0.25, 0.3) is 0 Å². The molecule has 9 aromatic rings. The third-order valence-electron chi connectivity index (χ3n) is 10.4. The molecule has 0 saturated heterocycles. The minimum atomic E-state index is 0.109. The van der Waals surface area contributed by atoms with Crippen molar-refractivity contribution in [2.45, 2.75) is 29.6 Å². The molecule has 0 N–H and O–H groups in total. The van der Waals surface area contributed by atoms with Crippen LogP contribution in [0.5, 0.6) is 0 Å². The fourth-order valence-electron chi connectivity index (χ4n) is 8.42. The molecule has 0 saturated carbocycles. The number of nitrogens with zero attached hydrogens (tertiary/aromatic N) is 2. The van der Waals surface area contributed by atoms with Crippen LogP contribution in [-0.4, -0.2) is 15.8 Å². The maximum atomic E-state index is 2.56. The zero-order chi connectivity index (χ0) is 32.6. The Bertz CT molecular complexity index is 2690. The predicted octanol–water partition coefficient (Wildman–Crippen LogP) is 9.98. The average Bonchev–Trinajstić information content (AvgIpc) is 3.67. The summed E-state index contributed by atoms with van der Waals surface area (Å²) in [4.78, 5) is 2.68. The van der Waals surface area contributed by atoms with Crippen LogP contribution in [0.1, 0.15) is 25.3 Å². The van der Waals surface area contributed by atoms with Crippen LogP contribution in [0.15, 0.2) is 168 Å². The van der Waals surface area contributed by atoms with Crippen molar-refractivity contribution in [2.24, 2.45) is 0 Å². The number of rotatable bonds is 4. The Hall–Kier alpha value is -5.45. The predicted molar refractivity (Wildman–Crippen MR) is 211 cm³/mol. The molecule has 0 fully saturated rings. The molecular formula is C45H33BN2S. The third kappa shape index (κ3) is 4.17. The van der Waals surface area contributed by atoms with E-state index in [9.17, 15) is 0 Å². The summed E-state index contributed by atoms with van der Waals surface area (Å²) in [6.07, 6.45) is 0. The highest BCUT2D eigenvalue weighted by atomic mass is 32.2. The first kappa shape index (κ1) is 28.6. The monoisotopic (exact) mass is 644 g/mol. The molecule has 0 unspecified atom stereocenters. The quantitative estimate of drug-likeness (QED) is 0.174. The van der Waals surface area contributed by atoms with E-state index in [1.165, 1.54) is 86.7 Å². The van der Waals surface area contributed by atoms with Gasteiger partial charge in [0.2, 0.25) is 6.71 Å². The second kappa shape index (κ2) is 11.0. The number of hydrogen-bond acceptors (Lipinski definition) is 1. The first-order chi connectivity index (χ1) is 24.2. The van der Waals surface area contributed by atoms with E-state index in [0.717, 1.165) is 0 Å². The Labute approximate surface area is 290 Å². The Kier molecular flexibility index (Phi) is 6.44. The van der Waals surface area contributed by atoms with Crippen molar-refractivity contribution < 1.29 is 0 Å². The molecule has 0 aliphatic carbocycles. The van der Waals surface area contributed by atoms with E-state index in [4.69, 9.17) is 0 Å². The number of para-hydroxylation sites is 3. The minimum Gasteiger partial charge on any atom is -0.310 e. The maximum absolute atomic E-state index is 2.56. The summed E-state index contributed by atoms with van der Waals surface area (Å²) in [6.45, 7) is 4.79.